The van der Waals surface area contributed by atoms with E-state index >= 15 is 0 Å². The maximum absolute atomic E-state index is 12.9. The minimum absolute atomic E-state index is 0.199. The van der Waals surface area contributed by atoms with Gasteiger partial charge in [0.25, 0.3) is 0 Å². The molecule has 0 bridgehead atoms. The summed E-state index contributed by atoms with van der Waals surface area (Å²) in [5, 5.41) is 9.12. The predicted octanol–water partition coefficient (Wildman–Crippen LogP) is 4.60. The summed E-state index contributed by atoms with van der Waals surface area (Å²) in [5.41, 5.74) is 2.29. The molecule has 0 aliphatic heterocycles. The van der Waals surface area contributed by atoms with E-state index in [1.165, 1.54) is 17.7 Å². The number of hydrogen-bond acceptors (Lipinski definition) is 4. The highest BCUT2D eigenvalue weighted by atomic mass is 32.2. The fourth-order valence-electron chi connectivity index (χ4n) is 2.15. The molecule has 0 aliphatic rings. The van der Waals surface area contributed by atoms with Gasteiger partial charge in [-0.3, -0.25) is 4.57 Å². The Balaban J connectivity index is 1.58. The van der Waals surface area contributed by atoms with Gasteiger partial charge in [-0.1, -0.05) is 30.0 Å². The molecular formula is C17H16FN3S2. The zero-order valence-corrected chi connectivity index (χ0v) is 14.3. The Bertz CT molecular complexity index is 772. The van der Waals surface area contributed by atoms with Crippen molar-refractivity contribution < 1.29 is 4.39 Å². The van der Waals surface area contributed by atoms with E-state index in [-0.39, 0.29) is 5.82 Å². The molecule has 0 spiro atoms. The van der Waals surface area contributed by atoms with Gasteiger partial charge in [0.2, 0.25) is 0 Å². The highest BCUT2D eigenvalue weighted by Crippen LogP contribution is 2.24. The molecule has 0 atom stereocenters. The molecule has 2 aromatic carbocycles. The van der Waals surface area contributed by atoms with Crippen LogP contribution >= 0.6 is 23.5 Å². The van der Waals surface area contributed by atoms with E-state index in [1.54, 1.807) is 42.0 Å². The van der Waals surface area contributed by atoms with Crippen molar-refractivity contribution in [3.63, 3.8) is 0 Å². The van der Waals surface area contributed by atoms with Crippen LogP contribution in [-0.2, 0) is 0 Å². The molecule has 23 heavy (non-hydrogen) atoms. The zero-order chi connectivity index (χ0) is 16.1. The lowest BCUT2D eigenvalue weighted by Crippen LogP contribution is -1.98. The molecule has 0 fully saturated rings. The predicted molar refractivity (Wildman–Crippen MR) is 93.9 cm³/mol. The van der Waals surface area contributed by atoms with Crippen LogP contribution in [-0.4, -0.2) is 26.3 Å². The summed E-state index contributed by atoms with van der Waals surface area (Å²) in [6, 6.07) is 14.8. The van der Waals surface area contributed by atoms with Gasteiger partial charge < -0.3 is 0 Å². The van der Waals surface area contributed by atoms with Crippen molar-refractivity contribution in [1.29, 1.82) is 0 Å². The Morgan fingerprint density at radius 2 is 1.74 bits per heavy atom. The van der Waals surface area contributed by atoms with E-state index in [2.05, 4.69) is 29.3 Å². The molecule has 118 valence electrons. The Morgan fingerprint density at radius 1 is 1.00 bits per heavy atom. The Labute approximate surface area is 143 Å². The van der Waals surface area contributed by atoms with E-state index in [0.29, 0.717) is 0 Å². The van der Waals surface area contributed by atoms with Crippen molar-refractivity contribution in [2.24, 2.45) is 0 Å². The maximum Gasteiger partial charge on any atom is 0.195 e. The third-order valence-corrected chi connectivity index (χ3v) is 5.51. The van der Waals surface area contributed by atoms with Crippen molar-refractivity contribution in [2.45, 2.75) is 17.0 Å². The third kappa shape index (κ3) is 4.14. The van der Waals surface area contributed by atoms with Gasteiger partial charge in [-0.25, -0.2) is 4.39 Å². The second kappa shape index (κ2) is 7.66. The molecule has 0 unspecified atom stereocenters. The van der Waals surface area contributed by atoms with Crippen LogP contribution < -0.4 is 0 Å². The van der Waals surface area contributed by atoms with Crippen LogP contribution in [0.5, 0.6) is 0 Å². The molecule has 0 amide bonds. The minimum Gasteiger partial charge on any atom is -0.276 e. The summed E-state index contributed by atoms with van der Waals surface area (Å²) in [5.74, 6) is 1.64. The van der Waals surface area contributed by atoms with Crippen LogP contribution in [0, 0.1) is 12.7 Å². The third-order valence-electron chi connectivity index (χ3n) is 3.29. The number of nitrogens with zero attached hydrogens (tertiary/aromatic N) is 3. The van der Waals surface area contributed by atoms with E-state index in [0.717, 1.165) is 27.2 Å². The highest BCUT2D eigenvalue weighted by molar-refractivity contribution is 8.02. The van der Waals surface area contributed by atoms with E-state index < -0.39 is 0 Å². The monoisotopic (exact) mass is 345 g/mol. The summed E-state index contributed by atoms with van der Waals surface area (Å²) in [7, 11) is 0. The van der Waals surface area contributed by atoms with Crippen LogP contribution in [0.2, 0.25) is 0 Å². The van der Waals surface area contributed by atoms with Crippen LogP contribution in [0.3, 0.4) is 0 Å². The van der Waals surface area contributed by atoms with E-state index in [1.807, 2.05) is 16.7 Å². The van der Waals surface area contributed by atoms with Crippen LogP contribution in [0.1, 0.15) is 5.56 Å². The lowest BCUT2D eigenvalue weighted by molar-refractivity contribution is 0.626. The largest absolute Gasteiger partial charge is 0.276 e. The number of thioether (sulfide) groups is 2. The normalized spacial score (nSPS) is 10.9. The van der Waals surface area contributed by atoms with Crippen molar-refractivity contribution in [2.75, 3.05) is 11.5 Å². The first-order chi connectivity index (χ1) is 11.2. The number of rotatable bonds is 6. The molecule has 3 rings (SSSR count). The van der Waals surface area contributed by atoms with Gasteiger partial charge in [0, 0.05) is 16.4 Å². The fourth-order valence-corrected chi connectivity index (χ4v) is 3.95. The van der Waals surface area contributed by atoms with Crippen molar-refractivity contribution >= 4 is 23.5 Å². The van der Waals surface area contributed by atoms with Crippen LogP contribution in [0.4, 0.5) is 4.39 Å². The van der Waals surface area contributed by atoms with Gasteiger partial charge >= 0.3 is 0 Å². The van der Waals surface area contributed by atoms with E-state index in [9.17, 15) is 4.39 Å². The number of hydrogen-bond donors (Lipinski definition) is 0. The SMILES string of the molecule is Cc1ccccc1-n1cnnc1SCCSc1ccc(F)cc1. The molecule has 1 heterocycles. The minimum atomic E-state index is -0.199. The molecule has 0 radical (unpaired) electrons. The number of aromatic nitrogens is 3. The van der Waals surface area contributed by atoms with Gasteiger partial charge in [-0.15, -0.1) is 22.0 Å². The molecule has 3 nitrogen and oxygen atoms in total. The smallest absolute Gasteiger partial charge is 0.195 e. The summed E-state index contributed by atoms with van der Waals surface area (Å²) in [6.45, 7) is 2.08. The van der Waals surface area contributed by atoms with Gasteiger partial charge in [0.05, 0.1) is 5.69 Å². The quantitative estimate of drug-likeness (QED) is 0.482. The zero-order valence-electron chi connectivity index (χ0n) is 12.6. The molecule has 0 aliphatic carbocycles. The van der Waals surface area contributed by atoms with Crippen LogP contribution in [0.15, 0.2) is 64.9 Å². The first kappa shape index (κ1) is 16.1. The second-order valence-corrected chi connectivity index (χ2v) is 7.15. The Morgan fingerprint density at radius 3 is 2.52 bits per heavy atom. The summed E-state index contributed by atoms with van der Waals surface area (Å²) < 4.78 is 14.9. The molecule has 6 heteroatoms. The van der Waals surface area contributed by atoms with E-state index in [4.69, 9.17) is 0 Å². The topological polar surface area (TPSA) is 30.7 Å². The first-order valence-electron chi connectivity index (χ1n) is 7.21. The molecule has 0 saturated heterocycles. The van der Waals surface area contributed by atoms with Gasteiger partial charge in [-0.2, -0.15) is 0 Å². The first-order valence-corrected chi connectivity index (χ1v) is 9.18. The summed E-state index contributed by atoms with van der Waals surface area (Å²) >= 11 is 3.38. The fraction of sp³-hybridized carbons (Fsp3) is 0.176. The molecule has 0 N–H and O–H groups in total. The van der Waals surface area contributed by atoms with Gasteiger partial charge in [0.15, 0.2) is 5.16 Å². The van der Waals surface area contributed by atoms with Gasteiger partial charge in [0.1, 0.15) is 12.1 Å². The molecular weight excluding hydrogens is 329 g/mol. The number of halogens is 1. The standard InChI is InChI=1S/C17H16FN3S2/c1-13-4-2-3-5-16(13)21-12-19-20-17(21)23-11-10-22-15-8-6-14(18)7-9-15/h2-9,12H,10-11H2,1H3. The highest BCUT2D eigenvalue weighted by Gasteiger charge is 2.08. The van der Waals surface area contributed by atoms with Crippen molar-refractivity contribution in [1.82, 2.24) is 14.8 Å². The van der Waals surface area contributed by atoms with Crippen molar-refractivity contribution in [3.05, 3.63) is 66.2 Å². The second-order valence-electron chi connectivity index (χ2n) is 4.92. The average Bonchev–Trinajstić information content (AvgIpc) is 3.02. The van der Waals surface area contributed by atoms with Gasteiger partial charge in [-0.05, 0) is 42.8 Å². The summed E-state index contributed by atoms with van der Waals surface area (Å²) in [4.78, 5) is 1.08. The molecule has 1 aromatic heterocycles. The lowest BCUT2D eigenvalue weighted by Gasteiger charge is -2.08. The Kier molecular flexibility index (Phi) is 5.35. The summed E-state index contributed by atoms with van der Waals surface area (Å²) in [6.07, 6.45) is 1.75. The Hall–Kier alpha value is -1.79. The van der Waals surface area contributed by atoms with Crippen LogP contribution in [0.25, 0.3) is 5.69 Å². The molecule has 0 saturated carbocycles. The number of aryl methyl sites for hydroxylation is 1. The maximum atomic E-state index is 12.9. The number of benzene rings is 2. The number of para-hydroxylation sites is 1. The van der Waals surface area contributed by atoms with Crippen molar-refractivity contribution in [3.8, 4) is 5.69 Å². The average molecular weight is 345 g/mol. The lowest BCUT2D eigenvalue weighted by atomic mass is 10.2. The molecule has 3 aromatic rings.